The van der Waals surface area contributed by atoms with Gasteiger partial charge in [0.1, 0.15) is 5.84 Å². The number of nitrogens with zero attached hydrogens (tertiary/aromatic N) is 2. The van der Waals surface area contributed by atoms with Crippen molar-refractivity contribution in [1.29, 1.82) is 0 Å². The van der Waals surface area contributed by atoms with E-state index in [9.17, 15) is 0 Å². The molecule has 4 heteroatoms. The monoisotopic (exact) mass is 357 g/mol. The maximum absolute atomic E-state index is 4.84. The molecule has 26 heavy (non-hydrogen) atoms. The van der Waals surface area contributed by atoms with Gasteiger partial charge >= 0.3 is 0 Å². The third-order valence-electron chi connectivity index (χ3n) is 4.12. The van der Waals surface area contributed by atoms with Gasteiger partial charge in [-0.2, -0.15) is 0 Å². The van der Waals surface area contributed by atoms with E-state index in [0.29, 0.717) is 6.54 Å². The molecule has 0 spiro atoms. The quantitative estimate of drug-likeness (QED) is 0.686. The molecule has 1 N–H and O–H groups in total. The molecule has 0 aliphatic carbocycles. The third kappa shape index (κ3) is 4.03. The highest BCUT2D eigenvalue weighted by atomic mass is 32.2. The maximum atomic E-state index is 4.84. The zero-order valence-corrected chi connectivity index (χ0v) is 15.1. The molecule has 4 rings (SSSR count). The number of hydrogen-bond donors (Lipinski definition) is 1. The Morgan fingerprint density at radius 3 is 2.35 bits per heavy atom. The summed E-state index contributed by atoms with van der Waals surface area (Å²) in [6, 6.07) is 28.8. The number of nitrogens with one attached hydrogen (secondary N) is 1. The van der Waals surface area contributed by atoms with Crippen LogP contribution in [0.15, 0.2) is 94.9 Å². The predicted molar refractivity (Wildman–Crippen MR) is 112 cm³/mol. The molecular weight excluding hydrogens is 338 g/mol. The van der Waals surface area contributed by atoms with Crippen LogP contribution < -0.4 is 5.32 Å². The zero-order chi connectivity index (χ0) is 17.6. The molecule has 1 aliphatic rings. The molecule has 3 aromatic rings. The highest BCUT2D eigenvalue weighted by Gasteiger charge is 2.13. The second-order valence-electron chi connectivity index (χ2n) is 5.98. The predicted octanol–water partition coefficient (Wildman–Crippen LogP) is 5.35. The fraction of sp³-hybridized carbons (Fsp3) is 0.0909. The topological polar surface area (TPSA) is 36.8 Å². The van der Waals surface area contributed by atoms with E-state index in [4.69, 9.17) is 9.98 Å². The second-order valence-corrected chi connectivity index (χ2v) is 6.92. The van der Waals surface area contributed by atoms with Gasteiger partial charge in [0.2, 0.25) is 0 Å². The minimum absolute atomic E-state index is 0.635. The summed E-state index contributed by atoms with van der Waals surface area (Å²) in [4.78, 5) is 9.59. The van der Waals surface area contributed by atoms with Gasteiger partial charge < -0.3 is 5.32 Å². The molecule has 0 fully saturated rings. The Kier molecular flexibility index (Phi) is 5.12. The first-order valence-electron chi connectivity index (χ1n) is 8.59. The van der Waals surface area contributed by atoms with Crippen LogP contribution in [0.2, 0.25) is 0 Å². The first kappa shape index (κ1) is 16.6. The summed E-state index contributed by atoms with van der Waals surface area (Å²) in [7, 11) is 0. The van der Waals surface area contributed by atoms with Crippen molar-refractivity contribution in [1.82, 2.24) is 0 Å². The van der Waals surface area contributed by atoms with Crippen LogP contribution in [0.5, 0.6) is 0 Å². The number of para-hydroxylation sites is 1. The van der Waals surface area contributed by atoms with Crippen LogP contribution >= 0.6 is 11.8 Å². The van der Waals surface area contributed by atoms with Gasteiger partial charge in [0, 0.05) is 17.0 Å². The Morgan fingerprint density at radius 1 is 0.846 bits per heavy atom. The minimum Gasteiger partial charge on any atom is -0.339 e. The van der Waals surface area contributed by atoms with Gasteiger partial charge in [-0.15, -0.1) is 0 Å². The lowest BCUT2D eigenvalue weighted by Crippen LogP contribution is -2.18. The third-order valence-corrected chi connectivity index (χ3v) is 5.06. The van der Waals surface area contributed by atoms with Crippen LogP contribution in [-0.2, 0) is 12.3 Å². The van der Waals surface area contributed by atoms with E-state index in [2.05, 4.69) is 47.8 Å². The maximum Gasteiger partial charge on any atom is 0.185 e. The molecule has 0 unspecified atom stereocenters. The van der Waals surface area contributed by atoms with Crippen molar-refractivity contribution in [2.24, 2.45) is 9.98 Å². The van der Waals surface area contributed by atoms with Crippen LogP contribution in [0.3, 0.4) is 0 Å². The number of aliphatic imine (C=N–C) groups is 2. The summed E-state index contributed by atoms with van der Waals surface area (Å²) in [5.74, 6) is 1.68. The smallest absolute Gasteiger partial charge is 0.185 e. The largest absolute Gasteiger partial charge is 0.339 e. The summed E-state index contributed by atoms with van der Waals surface area (Å²) in [6.45, 7) is 0.635. The first-order valence-corrected chi connectivity index (χ1v) is 9.57. The van der Waals surface area contributed by atoms with Gasteiger partial charge in [-0.3, -0.25) is 4.99 Å². The number of anilines is 1. The van der Waals surface area contributed by atoms with Crippen molar-refractivity contribution >= 4 is 28.5 Å². The van der Waals surface area contributed by atoms with E-state index < -0.39 is 0 Å². The first-order chi connectivity index (χ1) is 12.9. The van der Waals surface area contributed by atoms with Crippen LogP contribution in [0.4, 0.5) is 5.69 Å². The molecular formula is C22H19N3S. The fourth-order valence-electron chi connectivity index (χ4n) is 2.75. The Balaban J connectivity index is 1.69. The number of fused-ring (bicyclic) bond motifs is 1. The van der Waals surface area contributed by atoms with Crippen LogP contribution in [0.25, 0.3) is 0 Å². The van der Waals surface area contributed by atoms with Gasteiger partial charge in [-0.25, -0.2) is 4.99 Å². The van der Waals surface area contributed by atoms with Crippen LogP contribution in [-0.4, -0.2) is 11.0 Å². The number of rotatable bonds is 3. The van der Waals surface area contributed by atoms with Crippen molar-refractivity contribution in [3.8, 4) is 0 Å². The van der Waals surface area contributed by atoms with E-state index >= 15 is 0 Å². The fourth-order valence-corrected chi connectivity index (χ4v) is 3.60. The lowest BCUT2D eigenvalue weighted by atomic mass is 10.1. The second kappa shape index (κ2) is 8.02. The normalized spacial score (nSPS) is 17.4. The molecule has 128 valence electrons. The molecule has 3 aromatic carbocycles. The molecule has 0 bridgehead atoms. The summed E-state index contributed by atoms with van der Waals surface area (Å²) in [6.07, 6.45) is 0. The minimum atomic E-state index is 0.635. The van der Waals surface area contributed by atoms with E-state index in [1.807, 2.05) is 42.5 Å². The Morgan fingerprint density at radius 2 is 1.54 bits per heavy atom. The number of benzene rings is 3. The molecule has 0 atom stereocenters. The van der Waals surface area contributed by atoms with E-state index in [0.717, 1.165) is 28.0 Å². The van der Waals surface area contributed by atoms with Gasteiger partial charge in [0.05, 0.1) is 6.54 Å². The molecule has 1 aliphatic heterocycles. The summed E-state index contributed by atoms with van der Waals surface area (Å²) < 4.78 is 0. The molecule has 0 aromatic heterocycles. The lowest BCUT2D eigenvalue weighted by Gasteiger charge is -2.17. The summed E-state index contributed by atoms with van der Waals surface area (Å²) >= 11 is 1.68. The molecule has 1 heterocycles. The van der Waals surface area contributed by atoms with E-state index in [-0.39, 0.29) is 0 Å². The van der Waals surface area contributed by atoms with Gasteiger partial charge in [-0.1, -0.05) is 90.6 Å². The van der Waals surface area contributed by atoms with Gasteiger partial charge in [0.15, 0.2) is 5.17 Å². The summed E-state index contributed by atoms with van der Waals surface area (Å²) in [5, 5.41) is 4.30. The van der Waals surface area contributed by atoms with E-state index in [1.165, 1.54) is 11.1 Å². The number of hydrogen-bond acceptors (Lipinski definition) is 3. The zero-order valence-electron chi connectivity index (χ0n) is 14.3. The van der Waals surface area contributed by atoms with E-state index in [1.54, 1.807) is 11.8 Å². The highest BCUT2D eigenvalue weighted by Crippen LogP contribution is 2.26. The molecule has 0 amide bonds. The van der Waals surface area contributed by atoms with Crippen LogP contribution in [0, 0.1) is 0 Å². The van der Waals surface area contributed by atoms with Crippen molar-refractivity contribution in [3.05, 3.63) is 102 Å². The average Bonchev–Trinajstić information content (AvgIpc) is 2.69. The van der Waals surface area contributed by atoms with Gasteiger partial charge in [0.25, 0.3) is 0 Å². The lowest BCUT2D eigenvalue weighted by molar-refractivity contribution is 1.07. The van der Waals surface area contributed by atoms with Crippen LogP contribution in [0.1, 0.15) is 16.7 Å². The Bertz CT molecular complexity index is 934. The van der Waals surface area contributed by atoms with Crippen molar-refractivity contribution in [3.63, 3.8) is 0 Å². The number of thioether (sulfide) groups is 1. The van der Waals surface area contributed by atoms with Crippen molar-refractivity contribution in [2.45, 2.75) is 12.3 Å². The average molecular weight is 357 g/mol. The van der Waals surface area contributed by atoms with Crippen molar-refractivity contribution in [2.75, 3.05) is 5.32 Å². The number of amidine groups is 2. The molecule has 0 saturated heterocycles. The molecule has 0 radical (unpaired) electrons. The van der Waals surface area contributed by atoms with Gasteiger partial charge in [-0.05, 0) is 17.2 Å². The van der Waals surface area contributed by atoms with Crippen molar-refractivity contribution < 1.29 is 0 Å². The SMILES string of the molecule is c1ccc(CN=C2/N=C(/c3ccccc3)Nc3ccccc3CS2)cc1. The highest BCUT2D eigenvalue weighted by molar-refractivity contribution is 8.13. The Labute approximate surface area is 157 Å². The molecule has 0 saturated carbocycles. The standard InChI is InChI=1S/C22H19N3S/c1-3-9-17(10-4-1)15-23-22-25-21(18-11-5-2-6-12-18)24-20-14-8-7-13-19(20)16-26-22/h1-14H,15-16H2,(H,23,24,25). The summed E-state index contributed by atoms with van der Waals surface area (Å²) in [5.41, 5.74) is 4.60. The molecule has 3 nitrogen and oxygen atoms in total. The Hall–Kier alpha value is -2.85.